The van der Waals surface area contributed by atoms with Crippen molar-refractivity contribution in [3.05, 3.63) is 24.3 Å². The maximum Gasteiger partial charge on any atom is 0.244 e. The Morgan fingerprint density at radius 1 is 1.14 bits per heavy atom. The van der Waals surface area contributed by atoms with Gasteiger partial charge in [-0.3, -0.25) is 9.59 Å². The molecule has 0 aromatic carbocycles. The van der Waals surface area contributed by atoms with Crippen molar-refractivity contribution < 1.29 is 14.7 Å². The third kappa shape index (κ3) is 1.93. The molecule has 0 aromatic rings. The Balaban J connectivity index is 1.97. The Morgan fingerprint density at radius 2 is 1.77 bits per heavy atom. The van der Waals surface area contributed by atoms with Crippen molar-refractivity contribution >= 4 is 11.7 Å². The van der Waals surface area contributed by atoms with Crippen LogP contribution in [0.2, 0.25) is 0 Å². The van der Waals surface area contributed by atoms with E-state index < -0.39 is 16.4 Å². The lowest BCUT2D eigenvalue weighted by Crippen LogP contribution is -2.55. The van der Waals surface area contributed by atoms with E-state index in [1.807, 2.05) is 32.9 Å². The van der Waals surface area contributed by atoms with Gasteiger partial charge in [0.1, 0.15) is 5.41 Å². The van der Waals surface area contributed by atoms with Gasteiger partial charge in [0, 0.05) is 24.4 Å². The normalized spacial score (nSPS) is 41.4. The summed E-state index contributed by atoms with van der Waals surface area (Å²) in [7, 11) is 0. The monoisotopic (exact) mass is 303 g/mol. The molecule has 0 bridgehead atoms. The molecule has 2 spiro atoms. The Labute approximate surface area is 131 Å². The molecule has 1 aliphatic heterocycles. The number of nitrogens with zero attached hydrogens (tertiary/aromatic N) is 1. The number of carbonyl (C=O) groups is 2. The van der Waals surface area contributed by atoms with Crippen LogP contribution in [0.25, 0.3) is 0 Å². The lowest BCUT2D eigenvalue weighted by Gasteiger charge is -2.44. The molecule has 22 heavy (non-hydrogen) atoms. The predicted octanol–water partition coefficient (Wildman–Crippen LogP) is 2.23. The molecular weight excluding hydrogens is 278 g/mol. The third-order valence-electron chi connectivity index (χ3n) is 5.82. The number of ketones is 1. The predicted molar refractivity (Wildman–Crippen MR) is 84.1 cm³/mol. The molecule has 2 fully saturated rings. The van der Waals surface area contributed by atoms with Crippen LogP contribution < -0.4 is 0 Å². The number of carbonyl (C=O) groups excluding carboxylic acids is 2. The molecule has 0 aromatic heterocycles. The fraction of sp³-hybridized carbons (Fsp3) is 0.667. The largest absolute Gasteiger partial charge is 0.389 e. The summed E-state index contributed by atoms with van der Waals surface area (Å²) >= 11 is 0. The molecule has 3 rings (SSSR count). The molecule has 4 heteroatoms. The van der Waals surface area contributed by atoms with E-state index in [0.717, 1.165) is 19.3 Å². The molecule has 1 atom stereocenters. The van der Waals surface area contributed by atoms with Gasteiger partial charge in [0.2, 0.25) is 5.91 Å². The van der Waals surface area contributed by atoms with Gasteiger partial charge in [-0.05, 0) is 40.0 Å². The van der Waals surface area contributed by atoms with Crippen LogP contribution in [0.4, 0.5) is 0 Å². The standard InChI is InChI=1S/C18H25NO3/c1-13(2)19-12-5-14(20)18(15(19)21)10-8-17(9-11-18)7-4-6-16(17,3)22/h8-11,13,22H,4-7,12H2,1-3H3. The number of aliphatic hydroxyl groups is 1. The summed E-state index contributed by atoms with van der Waals surface area (Å²) in [4.78, 5) is 27.1. The first-order valence-corrected chi connectivity index (χ1v) is 8.22. The highest BCUT2D eigenvalue weighted by molar-refractivity contribution is 6.12. The van der Waals surface area contributed by atoms with Crippen LogP contribution in [0, 0.1) is 10.8 Å². The van der Waals surface area contributed by atoms with E-state index in [4.69, 9.17) is 0 Å². The summed E-state index contributed by atoms with van der Waals surface area (Å²) in [6, 6.07) is 0.0877. The second-order valence-corrected chi connectivity index (χ2v) is 7.47. The van der Waals surface area contributed by atoms with E-state index in [1.54, 1.807) is 17.1 Å². The summed E-state index contributed by atoms with van der Waals surface area (Å²) in [5.41, 5.74) is -2.38. The zero-order chi connectivity index (χ0) is 16.2. The van der Waals surface area contributed by atoms with E-state index in [1.165, 1.54) is 0 Å². The van der Waals surface area contributed by atoms with Crippen LogP contribution in [0.5, 0.6) is 0 Å². The molecule has 1 heterocycles. The molecule has 3 aliphatic rings. The zero-order valence-corrected chi connectivity index (χ0v) is 13.6. The first kappa shape index (κ1) is 15.5. The van der Waals surface area contributed by atoms with E-state index in [2.05, 4.69) is 0 Å². The van der Waals surface area contributed by atoms with Crippen molar-refractivity contribution in [2.75, 3.05) is 6.54 Å². The van der Waals surface area contributed by atoms with Crippen LogP contribution in [-0.2, 0) is 9.59 Å². The summed E-state index contributed by atoms with van der Waals surface area (Å²) in [6.07, 6.45) is 10.3. The van der Waals surface area contributed by atoms with Crippen LogP contribution >= 0.6 is 0 Å². The van der Waals surface area contributed by atoms with Crippen molar-refractivity contribution in [1.82, 2.24) is 4.90 Å². The second-order valence-electron chi connectivity index (χ2n) is 7.47. The van der Waals surface area contributed by atoms with Crippen molar-refractivity contribution in [3.8, 4) is 0 Å². The topological polar surface area (TPSA) is 57.6 Å². The first-order valence-electron chi connectivity index (χ1n) is 8.22. The molecule has 1 saturated carbocycles. The first-order chi connectivity index (χ1) is 10.2. The minimum atomic E-state index is -1.15. The number of amides is 1. The molecule has 4 nitrogen and oxygen atoms in total. The quantitative estimate of drug-likeness (QED) is 0.597. The molecule has 2 aliphatic carbocycles. The Morgan fingerprint density at radius 3 is 2.27 bits per heavy atom. The number of likely N-dealkylation sites (tertiary alicyclic amines) is 1. The minimum Gasteiger partial charge on any atom is -0.389 e. The average molecular weight is 303 g/mol. The highest BCUT2D eigenvalue weighted by Gasteiger charge is 2.54. The van der Waals surface area contributed by atoms with Gasteiger partial charge in [0.25, 0.3) is 0 Å². The van der Waals surface area contributed by atoms with Gasteiger partial charge >= 0.3 is 0 Å². The lowest BCUT2D eigenvalue weighted by atomic mass is 9.65. The van der Waals surface area contributed by atoms with Crippen LogP contribution in [0.15, 0.2) is 24.3 Å². The maximum atomic E-state index is 12.9. The average Bonchev–Trinajstić information content (AvgIpc) is 2.73. The van der Waals surface area contributed by atoms with Gasteiger partial charge in [-0.1, -0.05) is 24.3 Å². The minimum absolute atomic E-state index is 0.0330. The molecular formula is C18H25NO3. The Bertz CT molecular complexity index is 557. The Kier molecular flexibility index (Phi) is 3.37. The van der Waals surface area contributed by atoms with E-state index in [0.29, 0.717) is 13.0 Å². The van der Waals surface area contributed by atoms with Gasteiger partial charge in [-0.2, -0.15) is 0 Å². The summed E-state index contributed by atoms with van der Waals surface area (Å²) in [6.45, 7) is 6.29. The molecule has 1 N–H and O–H groups in total. The third-order valence-corrected chi connectivity index (χ3v) is 5.82. The summed E-state index contributed by atoms with van der Waals surface area (Å²) in [5.74, 6) is -0.159. The number of piperidine rings is 1. The fourth-order valence-corrected chi connectivity index (χ4v) is 4.13. The number of hydrogen-bond donors (Lipinski definition) is 1. The highest BCUT2D eigenvalue weighted by Crippen LogP contribution is 2.52. The van der Waals surface area contributed by atoms with E-state index in [-0.39, 0.29) is 17.7 Å². The van der Waals surface area contributed by atoms with Crippen molar-refractivity contribution in [2.45, 2.75) is 58.1 Å². The van der Waals surface area contributed by atoms with Gasteiger partial charge in [0.05, 0.1) is 5.60 Å². The van der Waals surface area contributed by atoms with E-state index >= 15 is 0 Å². The Hall–Kier alpha value is -1.42. The molecule has 1 amide bonds. The van der Waals surface area contributed by atoms with Crippen molar-refractivity contribution in [3.63, 3.8) is 0 Å². The van der Waals surface area contributed by atoms with Crippen molar-refractivity contribution in [1.29, 1.82) is 0 Å². The number of rotatable bonds is 1. The lowest BCUT2D eigenvalue weighted by molar-refractivity contribution is -0.150. The molecule has 0 radical (unpaired) electrons. The van der Waals surface area contributed by atoms with Gasteiger partial charge < -0.3 is 10.0 Å². The fourth-order valence-electron chi connectivity index (χ4n) is 4.13. The van der Waals surface area contributed by atoms with Crippen LogP contribution in [0.1, 0.15) is 46.5 Å². The van der Waals surface area contributed by atoms with E-state index in [9.17, 15) is 14.7 Å². The van der Waals surface area contributed by atoms with Crippen LogP contribution in [-0.4, -0.2) is 39.9 Å². The molecule has 1 unspecified atom stereocenters. The van der Waals surface area contributed by atoms with Gasteiger partial charge in [0.15, 0.2) is 5.78 Å². The SMILES string of the molecule is CC(C)N1CCC(=O)C2(C=CC3(C=C2)CCCC3(C)O)C1=O. The van der Waals surface area contributed by atoms with Gasteiger partial charge in [-0.15, -0.1) is 0 Å². The zero-order valence-electron chi connectivity index (χ0n) is 13.6. The highest BCUT2D eigenvalue weighted by atomic mass is 16.3. The smallest absolute Gasteiger partial charge is 0.244 e. The van der Waals surface area contributed by atoms with Gasteiger partial charge in [-0.25, -0.2) is 0 Å². The van der Waals surface area contributed by atoms with Crippen LogP contribution in [0.3, 0.4) is 0 Å². The second kappa shape index (κ2) is 4.79. The summed E-state index contributed by atoms with van der Waals surface area (Å²) in [5, 5.41) is 10.6. The number of hydrogen-bond acceptors (Lipinski definition) is 3. The molecule has 1 saturated heterocycles. The summed E-state index contributed by atoms with van der Waals surface area (Å²) < 4.78 is 0. The maximum absolute atomic E-state index is 12.9. The number of Topliss-reactive ketones (excluding diaryl/α,β-unsaturated/α-hetero) is 1. The molecule has 120 valence electrons. The van der Waals surface area contributed by atoms with Crippen molar-refractivity contribution in [2.24, 2.45) is 10.8 Å².